The van der Waals surface area contributed by atoms with Gasteiger partial charge in [-0.15, -0.1) is 11.3 Å². The number of para-hydroxylation sites is 1. The van der Waals surface area contributed by atoms with Gasteiger partial charge in [0.25, 0.3) is 0 Å². The molecule has 0 bridgehead atoms. The Bertz CT molecular complexity index is 3400. The van der Waals surface area contributed by atoms with E-state index in [0.29, 0.717) is 11.1 Å². The van der Waals surface area contributed by atoms with Crippen molar-refractivity contribution in [3.63, 3.8) is 0 Å². The van der Waals surface area contributed by atoms with Crippen LogP contribution in [0.1, 0.15) is 13.7 Å². The first-order valence-corrected chi connectivity index (χ1v) is 16.0. The van der Waals surface area contributed by atoms with Crippen LogP contribution in [0.5, 0.6) is 0 Å². The topological polar surface area (TPSA) is 43.6 Å². The Kier molecular flexibility index (Phi) is 4.20. The molecule has 10 rings (SSSR count). The van der Waals surface area contributed by atoms with Crippen molar-refractivity contribution in [3.05, 3.63) is 157 Å². The lowest BCUT2D eigenvalue weighted by atomic mass is 10.0. The van der Waals surface area contributed by atoms with E-state index in [2.05, 4.69) is 30.3 Å². The molecule has 0 N–H and O–H groups in total. The Morgan fingerprint density at radius 2 is 1.15 bits per heavy atom. The fourth-order valence-corrected chi connectivity index (χ4v) is 7.15. The van der Waals surface area contributed by atoms with Crippen LogP contribution in [0.4, 0.5) is 0 Å². The molecule has 5 heteroatoms. The van der Waals surface area contributed by atoms with Gasteiger partial charge in [-0.25, -0.2) is 4.98 Å². The molecule has 0 fully saturated rings. The van der Waals surface area contributed by atoms with Gasteiger partial charge in [0, 0.05) is 42.1 Å². The van der Waals surface area contributed by atoms with Gasteiger partial charge in [0.05, 0.1) is 24.7 Å². The zero-order valence-electron chi connectivity index (χ0n) is 34.9. The second-order valence-electron chi connectivity index (χ2n) is 11.3. The molecule has 3 aromatic heterocycles. The highest BCUT2D eigenvalue weighted by Gasteiger charge is 2.19. The number of fused-ring (bicyclic) bond motifs is 7. The number of hydrogen-bond acceptors (Lipinski definition) is 4. The molecule has 7 aromatic carbocycles. The highest BCUT2D eigenvalue weighted by atomic mass is 32.1. The Balaban J connectivity index is 1.29. The summed E-state index contributed by atoms with van der Waals surface area (Å²) in [5.41, 5.74) is 3.27. The van der Waals surface area contributed by atoms with E-state index in [1.54, 1.807) is 0 Å². The third-order valence-electron chi connectivity index (χ3n) is 8.50. The van der Waals surface area contributed by atoms with Crippen molar-refractivity contribution in [3.8, 4) is 39.9 Å². The van der Waals surface area contributed by atoms with Crippen LogP contribution in [0.15, 0.2) is 157 Å². The van der Waals surface area contributed by atoms with Crippen molar-refractivity contribution in [2.24, 2.45) is 0 Å². The maximum Gasteiger partial charge on any atom is 0.238 e. The van der Waals surface area contributed by atoms with Crippen molar-refractivity contribution < 1.29 is 13.7 Å². The predicted octanol–water partition coefficient (Wildman–Crippen LogP) is 11.5. The lowest BCUT2D eigenvalue weighted by molar-refractivity contribution is 0.954. The maximum atomic E-state index is 9.67. The normalized spacial score (nSPS) is 14.7. The van der Waals surface area contributed by atoms with E-state index >= 15 is 0 Å². The van der Waals surface area contributed by atoms with Crippen molar-refractivity contribution in [2.75, 3.05) is 0 Å². The molecule has 0 spiro atoms. The van der Waals surface area contributed by atoms with Crippen molar-refractivity contribution in [2.45, 2.75) is 0 Å². The zero-order valence-corrected chi connectivity index (χ0v) is 25.8. The highest BCUT2D eigenvalue weighted by molar-refractivity contribution is 7.25. The van der Waals surface area contributed by atoms with Gasteiger partial charge in [-0.1, -0.05) is 127 Å². The van der Waals surface area contributed by atoms with E-state index in [4.69, 9.17) is 25.9 Å². The first-order valence-electron chi connectivity index (χ1n) is 20.2. The number of aromatic nitrogens is 4. The second kappa shape index (κ2) is 10.7. The summed E-state index contributed by atoms with van der Waals surface area (Å²) < 4.78 is 90.7. The van der Waals surface area contributed by atoms with Gasteiger partial charge in [0.15, 0.2) is 11.6 Å². The molecule has 4 nitrogen and oxygen atoms in total. The fourth-order valence-electron chi connectivity index (χ4n) is 6.19. The molecule has 0 saturated heterocycles. The van der Waals surface area contributed by atoms with Crippen molar-refractivity contribution in [1.82, 2.24) is 19.5 Å². The SMILES string of the molecule is [2H]c1c([2H])c([2H])c2c(sc3c([2H])c4c(c([2H])c32)c2c([2H])c([2H])c([2H])c([2H])c2n4-c2nc(-c3ccccc3)nc(-c3ccc(-c4ccc5ccccc5c4)cc3)n2)c1[2H]. The number of nitrogens with zero attached hydrogens (tertiary/aromatic N) is 4. The minimum absolute atomic E-state index is 0.00886. The summed E-state index contributed by atoms with van der Waals surface area (Å²) in [6.07, 6.45) is 0. The Morgan fingerprint density at radius 1 is 0.479 bits per heavy atom. The molecule has 224 valence electrons. The summed E-state index contributed by atoms with van der Waals surface area (Å²) >= 11 is 0.957. The molecular weight excluding hydrogens is 605 g/mol. The zero-order chi connectivity index (χ0) is 40.3. The second-order valence-corrected chi connectivity index (χ2v) is 12.4. The average molecular weight is 641 g/mol. The van der Waals surface area contributed by atoms with E-state index in [-0.39, 0.29) is 83.7 Å². The van der Waals surface area contributed by atoms with Crippen LogP contribution in [0.25, 0.3) is 92.6 Å². The lowest BCUT2D eigenvalue weighted by Crippen LogP contribution is -2.06. The molecule has 3 heterocycles. The van der Waals surface area contributed by atoms with Crippen LogP contribution in [0.2, 0.25) is 0 Å². The third-order valence-corrected chi connectivity index (χ3v) is 9.52. The summed E-state index contributed by atoms with van der Waals surface area (Å²) in [6, 6.07) is 27.4. The summed E-state index contributed by atoms with van der Waals surface area (Å²) in [7, 11) is 0. The lowest BCUT2D eigenvalue weighted by Gasteiger charge is -2.11. The average Bonchev–Trinajstić information content (AvgIpc) is 3.85. The Morgan fingerprint density at radius 3 is 1.98 bits per heavy atom. The Labute approximate surface area is 294 Å². The molecule has 0 amide bonds. The first-order chi connectivity index (χ1) is 27.9. The van der Waals surface area contributed by atoms with Gasteiger partial charge >= 0.3 is 0 Å². The Hall–Kier alpha value is -6.17. The van der Waals surface area contributed by atoms with E-state index in [9.17, 15) is 2.74 Å². The molecule has 0 saturated carbocycles. The van der Waals surface area contributed by atoms with Crippen LogP contribution >= 0.6 is 11.3 Å². The van der Waals surface area contributed by atoms with Gasteiger partial charge < -0.3 is 0 Å². The van der Waals surface area contributed by atoms with Gasteiger partial charge in [0.2, 0.25) is 5.95 Å². The maximum absolute atomic E-state index is 9.67. The summed E-state index contributed by atoms with van der Waals surface area (Å²) in [6.45, 7) is 0. The molecular formula is C43H26N4S. The van der Waals surface area contributed by atoms with E-state index in [1.807, 2.05) is 66.7 Å². The molecule has 10 aromatic rings. The summed E-state index contributed by atoms with van der Waals surface area (Å²) in [4.78, 5) is 14.7. The van der Waals surface area contributed by atoms with Gasteiger partial charge in [-0.3, -0.25) is 4.57 Å². The summed E-state index contributed by atoms with van der Waals surface area (Å²) in [5.74, 6) is 0.471. The number of thiophene rings is 1. The van der Waals surface area contributed by atoms with E-state index in [0.717, 1.165) is 33.2 Å². The van der Waals surface area contributed by atoms with E-state index < -0.39 is 36.3 Å². The monoisotopic (exact) mass is 640 g/mol. The van der Waals surface area contributed by atoms with Crippen LogP contribution in [-0.2, 0) is 0 Å². The van der Waals surface area contributed by atoms with Crippen molar-refractivity contribution >= 4 is 64.1 Å². The molecule has 0 aliphatic rings. The van der Waals surface area contributed by atoms with Gasteiger partial charge in [-0.2, -0.15) is 9.97 Å². The molecule has 0 aliphatic heterocycles. The smallest absolute Gasteiger partial charge is 0.238 e. The largest absolute Gasteiger partial charge is 0.278 e. The first kappa shape index (κ1) is 18.8. The van der Waals surface area contributed by atoms with E-state index in [1.165, 1.54) is 4.57 Å². The number of rotatable bonds is 4. The molecule has 48 heavy (non-hydrogen) atoms. The standard InChI is InChI=1S/C43H26N4S/c1-2-11-29(12-3-1)41-44-42(30-21-18-28(19-22-30)32-23-20-27-10-4-5-13-31(27)24-32)46-43(45-41)47-37-16-8-6-14-33(37)35-25-36-34-15-7-9-17-39(34)48-40(36)26-38(35)47/h1-26H/i6D,7D,8D,9D,14D,15D,16D,17D,25D,26D. The number of hydrogen-bond donors (Lipinski definition) is 0. The van der Waals surface area contributed by atoms with Crippen LogP contribution in [0.3, 0.4) is 0 Å². The fraction of sp³-hybridized carbons (Fsp3) is 0. The van der Waals surface area contributed by atoms with Gasteiger partial charge in [0.1, 0.15) is 0 Å². The molecule has 0 atom stereocenters. The van der Waals surface area contributed by atoms with Crippen LogP contribution < -0.4 is 0 Å². The molecule has 0 aliphatic carbocycles. The van der Waals surface area contributed by atoms with Crippen LogP contribution in [-0.4, -0.2) is 19.5 Å². The molecule has 0 unspecified atom stereocenters. The minimum Gasteiger partial charge on any atom is -0.278 e. The highest BCUT2D eigenvalue weighted by Crippen LogP contribution is 2.40. The predicted molar refractivity (Wildman–Crippen MR) is 201 cm³/mol. The molecule has 0 radical (unpaired) electrons. The van der Waals surface area contributed by atoms with Crippen LogP contribution in [0, 0.1) is 0 Å². The van der Waals surface area contributed by atoms with Crippen molar-refractivity contribution in [1.29, 1.82) is 0 Å². The number of benzene rings is 7. The van der Waals surface area contributed by atoms with Gasteiger partial charge in [-0.05, 0) is 52.1 Å². The summed E-state index contributed by atoms with van der Waals surface area (Å²) in [5, 5.41) is 2.40. The quantitative estimate of drug-likeness (QED) is 0.192. The minimum atomic E-state index is -0.535. The third kappa shape index (κ3) is 4.33.